The third-order valence-electron chi connectivity index (χ3n) is 2.61. The van der Waals surface area contributed by atoms with Crippen LogP contribution < -0.4 is 14.4 Å². The SMILES string of the molecule is C#CCN(CCC(=O)O)c1ccc(OC)c(OC)c1. The lowest BCUT2D eigenvalue weighted by Gasteiger charge is -2.22. The maximum atomic E-state index is 10.6. The molecule has 0 amide bonds. The molecule has 1 aromatic carbocycles. The van der Waals surface area contributed by atoms with Crippen molar-refractivity contribution < 1.29 is 19.4 Å². The largest absolute Gasteiger partial charge is 0.493 e. The van der Waals surface area contributed by atoms with Crippen LogP contribution in [-0.4, -0.2) is 38.4 Å². The molecule has 0 saturated heterocycles. The number of hydrogen-bond acceptors (Lipinski definition) is 4. The van der Waals surface area contributed by atoms with Gasteiger partial charge in [0.05, 0.1) is 27.2 Å². The number of carboxylic acid groups (broad SMARTS) is 1. The Morgan fingerprint density at radius 2 is 2.05 bits per heavy atom. The number of ether oxygens (including phenoxy) is 2. The van der Waals surface area contributed by atoms with Crippen LogP contribution in [-0.2, 0) is 4.79 Å². The highest BCUT2D eigenvalue weighted by atomic mass is 16.5. The number of rotatable bonds is 7. The van der Waals surface area contributed by atoms with Crippen LogP contribution in [0.15, 0.2) is 18.2 Å². The zero-order chi connectivity index (χ0) is 14.3. The number of carbonyl (C=O) groups is 1. The molecule has 1 N–H and O–H groups in total. The van der Waals surface area contributed by atoms with Crippen molar-refractivity contribution in [3.8, 4) is 23.8 Å². The minimum Gasteiger partial charge on any atom is -0.493 e. The van der Waals surface area contributed by atoms with Gasteiger partial charge in [0.15, 0.2) is 11.5 Å². The lowest BCUT2D eigenvalue weighted by atomic mass is 10.2. The molecule has 0 fully saturated rings. The molecule has 0 atom stereocenters. The molecule has 0 aliphatic rings. The smallest absolute Gasteiger partial charge is 0.305 e. The fourth-order valence-corrected chi connectivity index (χ4v) is 1.66. The van der Waals surface area contributed by atoms with E-state index in [4.69, 9.17) is 21.0 Å². The molecule has 0 aliphatic carbocycles. The minimum atomic E-state index is -0.859. The standard InChI is InChI=1S/C14H17NO4/c1-4-8-15(9-7-14(16)17)11-5-6-12(18-2)13(10-11)19-3/h1,5-6,10H,7-9H2,2-3H3,(H,16,17). The second-order valence-electron chi connectivity index (χ2n) is 3.81. The normalized spacial score (nSPS) is 9.53. The molecule has 102 valence electrons. The molecule has 0 heterocycles. The van der Waals surface area contributed by atoms with Gasteiger partial charge in [-0.1, -0.05) is 5.92 Å². The van der Waals surface area contributed by atoms with Gasteiger partial charge in [0.1, 0.15) is 0 Å². The van der Waals surface area contributed by atoms with E-state index in [1.165, 1.54) is 0 Å². The van der Waals surface area contributed by atoms with Crippen LogP contribution in [0.3, 0.4) is 0 Å². The topological polar surface area (TPSA) is 59.0 Å². The van der Waals surface area contributed by atoms with Gasteiger partial charge in [0.25, 0.3) is 0 Å². The average molecular weight is 263 g/mol. The number of nitrogens with zero attached hydrogens (tertiary/aromatic N) is 1. The molecule has 0 saturated carbocycles. The quantitative estimate of drug-likeness (QED) is 0.757. The summed E-state index contributed by atoms with van der Waals surface area (Å²) in [4.78, 5) is 12.4. The van der Waals surface area contributed by atoms with Crippen molar-refractivity contribution in [1.29, 1.82) is 0 Å². The maximum Gasteiger partial charge on any atom is 0.305 e. The Morgan fingerprint density at radius 1 is 1.37 bits per heavy atom. The van der Waals surface area contributed by atoms with Crippen molar-refractivity contribution in [3.63, 3.8) is 0 Å². The van der Waals surface area contributed by atoms with E-state index in [9.17, 15) is 4.79 Å². The Kier molecular flexibility index (Phi) is 5.55. The van der Waals surface area contributed by atoms with E-state index in [1.54, 1.807) is 31.3 Å². The van der Waals surface area contributed by atoms with E-state index in [1.807, 2.05) is 6.07 Å². The summed E-state index contributed by atoms with van der Waals surface area (Å²) < 4.78 is 10.4. The van der Waals surface area contributed by atoms with Gasteiger partial charge in [0.2, 0.25) is 0 Å². The average Bonchev–Trinajstić information content (AvgIpc) is 2.42. The molecule has 0 bridgehead atoms. The van der Waals surface area contributed by atoms with E-state index in [0.717, 1.165) is 5.69 Å². The minimum absolute atomic E-state index is 0.0238. The molecule has 0 radical (unpaired) electrons. The molecule has 0 aromatic heterocycles. The van der Waals surface area contributed by atoms with Crippen LogP contribution in [0, 0.1) is 12.3 Å². The molecular formula is C14H17NO4. The van der Waals surface area contributed by atoms with E-state index in [2.05, 4.69) is 5.92 Å². The zero-order valence-electron chi connectivity index (χ0n) is 11.0. The summed E-state index contributed by atoms with van der Waals surface area (Å²) in [5.41, 5.74) is 0.803. The summed E-state index contributed by atoms with van der Waals surface area (Å²) in [6, 6.07) is 5.36. The van der Waals surface area contributed by atoms with Crippen LogP contribution in [0.4, 0.5) is 5.69 Å². The maximum absolute atomic E-state index is 10.6. The van der Waals surface area contributed by atoms with E-state index >= 15 is 0 Å². The highest BCUT2D eigenvalue weighted by Crippen LogP contribution is 2.31. The number of benzene rings is 1. The third kappa shape index (κ3) is 4.11. The van der Waals surface area contributed by atoms with Crippen LogP contribution in [0.25, 0.3) is 0 Å². The zero-order valence-corrected chi connectivity index (χ0v) is 11.0. The molecule has 19 heavy (non-hydrogen) atoms. The molecule has 1 rings (SSSR count). The number of terminal acetylenes is 1. The predicted molar refractivity (Wildman–Crippen MR) is 72.8 cm³/mol. The summed E-state index contributed by atoms with van der Waals surface area (Å²) in [6.07, 6.45) is 5.33. The number of methoxy groups -OCH3 is 2. The van der Waals surface area contributed by atoms with Crippen LogP contribution in [0.1, 0.15) is 6.42 Å². The Hall–Kier alpha value is -2.35. The lowest BCUT2D eigenvalue weighted by Crippen LogP contribution is -2.26. The Labute approximate surface area is 112 Å². The summed E-state index contributed by atoms with van der Waals surface area (Å²) in [5.74, 6) is 2.85. The monoisotopic (exact) mass is 263 g/mol. The summed E-state index contributed by atoms with van der Waals surface area (Å²) >= 11 is 0. The molecule has 5 heteroatoms. The number of carboxylic acids is 1. The first-order chi connectivity index (χ1) is 9.12. The summed E-state index contributed by atoms with van der Waals surface area (Å²) in [6.45, 7) is 0.678. The fourth-order valence-electron chi connectivity index (χ4n) is 1.66. The second-order valence-corrected chi connectivity index (χ2v) is 3.81. The van der Waals surface area contributed by atoms with Crippen molar-refractivity contribution in [2.75, 3.05) is 32.2 Å². The summed E-state index contributed by atoms with van der Waals surface area (Å²) in [5, 5.41) is 8.74. The Balaban J connectivity index is 2.95. The second kappa shape index (κ2) is 7.17. The first-order valence-corrected chi connectivity index (χ1v) is 5.74. The molecule has 0 spiro atoms. The lowest BCUT2D eigenvalue weighted by molar-refractivity contribution is -0.136. The Morgan fingerprint density at radius 3 is 2.58 bits per heavy atom. The van der Waals surface area contributed by atoms with Crippen molar-refractivity contribution in [1.82, 2.24) is 0 Å². The number of anilines is 1. The van der Waals surface area contributed by atoms with Crippen molar-refractivity contribution >= 4 is 11.7 Å². The van der Waals surface area contributed by atoms with Gasteiger partial charge < -0.3 is 19.5 Å². The van der Waals surface area contributed by atoms with Crippen molar-refractivity contribution in [2.24, 2.45) is 0 Å². The van der Waals surface area contributed by atoms with Gasteiger partial charge in [0, 0.05) is 18.3 Å². The highest BCUT2D eigenvalue weighted by Gasteiger charge is 2.11. The van der Waals surface area contributed by atoms with Crippen molar-refractivity contribution in [3.05, 3.63) is 18.2 Å². The Bertz CT molecular complexity index is 479. The van der Waals surface area contributed by atoms with E-state index in [-0.39, 0.29) is 6.42 Å². The third-order valence-corrected chi connectivity index (χ3v) is 2.61. The van der Waals surface area contributed by atoms with Gasteiger partial charge in [-0.05, 0) is 12.1 Å². The van der Waals surface area contributed by atoms with Crippen molar-refractivity contribution in [2.45, 2.75) is 6.42 Å². The highest BCUT2D eigenvalue weighted by molar-refractivity contribution is 5.68. The van der Waals surface area contributed by atoms with Gasteiger partial charge in [-0.25, -0.2) is 0 Å². The molecule has 1 aromatic rings. The molecule has 0 unspecified atom stereocenters. The van der Waals surface area contributed by atoms with Gasteiger partial charge in [-0.15, -0.1) is 6.42 Å². The fraction of sp³-hybridized carbons (Fsp3) is 0.357. The van der Waals surface area contributed by atoms with Crippen LogP contribution in [0.5, 0.6) is 11.5 Å². The number of aliphatic carboxylic acids is 1. The predicted octanol–water partition coefficient (Wildman–Crippen LogP) is 1.62. The summed E-state index contributed by atoms with van der Waals surface area (Å²) in [7, 11) is 3.10. The molecule has 0 aliphatic heterocycles. The van der Waals surface area contributed by atoms with Crippen LogP contribution >= 0.6 is 0 Å². The van der Waals surface area contributed by atoms with Gasteiger partial charge >= 0.3 is 5.97 Å². The van der Waals surface area contributed by atoms with E-state index < -0.39 is 5.97 Å². The van der Waals surface area contributed by atoms with Gasteiger partial charge in [-0.2, -0.15) is 0 Å². The molecule has 5 nitrogen and oxygen atoms in total. The number of hydrogen-bond donors (Lipinski definition) is 1. The van der Waals surface area contributed by atoms with E-state index in [0.29, 0.717) is 24.6 Å². The first kappa shape index (κ1) is 14.7. The van der Waals surface area contributed by atoms with Gasteiger partial charge in [-0.3, -0.25) is 4.79 Å². The first-order valence-electron chi connectivity index (χ1n) is 5.74. The van der Waals surface area contributed by atoms with Crippen LogP contribution in [0.2, 0.25) is 0 Å². The molecular weight excluding hydrogens is 246 g/mol.